The molecule has 5 heteroatoms. The number of ether oxygens (including phenoxy) is 4. The predicted octanol–water partition coefficient (Wildman–Crippen LogP) is 4.04. The van der Waals surface area contributed by atoms with Gasteiger partial charge in [-0.15, -0.1) is 0 Å². The summed E-state index contributed by atoms with van der Waals surface area (Å²) in [4.78, 5) is 0. The SMILES string of the molecule is CC12CC=C3C4CCC5(CC4CCC3C1CCC21OCCO1)OCCO5.CCO. The highest BCUT2D eigenvalue weighted by Gasteiger charge is 2.64. The first-order valence-electron chi connectivity index (χ1n) is 11.9. The van der Waals surface area contributed by atoms with Gasteiger partial charge in [0.2, 0.25) is 0 Å². The highest BCUT2D eigenvalue weighted by atomic mass is 16.7. The number of rotatable bonds is 0. The Kier molecular flexibility index (Phi) is 5.35. The van der Waals surface area contributed by atoms with E-state index in [2.05, 4.69) is 13.0 Å². The van der Waals surface area contributed by atoms with Gasteiger partial charge in [0.05, 0.1) is 26.4 Å². The van der Waals surface area contributed by atoms with Crippen LogP contribution in [0.15, 0.2) is 11.6 Å². The molecule has 6 rings (SSSR count). The molecule has 5 fully saturated rings. The van der Waals surface area contributed by atoms with Crippen LogP contribution in [0.5, 0.6) is 0 Å². The van der Waals surface area contributed by atoms with Crippen molar-refractivity contribution in [1.29, 1.82) is 0 Å². The van der Waals surface area contributed by atoms with E-state index < -0.39 is 0 Å². The predicted molar refractivity (Wildman–Crippen MR) is 109 cm³/mol. The van der Waals surface area contributed by atoms with Crippen LogP contribution in [-0.2, 0) is 18.9 Å². The summed E-state index contributed by atoms with van der Waals surface area (Å²) in [6, 6.07) is 0. The molecule has 5 nitrogen and oxygen atoms in total. The molecule has 164 valence electrons. The van der Waals surface area contributed by atoms with Gasteiger partial charge in [-0.3, -0.25) is 0 Å². The third kappa shape index (κ3) is 3.07. The third-order valence-electron chi connectivity index (χ3n) is 8.97. The monoisotopic (exact) mass is 406 g/mol. The first-order chi connectivity index (χ1) is 14.1. The van der Waals surface area contributed by atoms with Crippen molar-refractivity contribution in [3.8, 4) is 0 Å². The number of fused-ring (bicyclic) bond motifs is 6. The van der Waals surface area contributed by atoms with Gasteiger partial charge in [0, 0.05) is 31.3 Å². The minimum atomic E-state index is -0.293. The van der Waals surface area contributed by atoms with E-state index in [-0.39, 0.29) is 23.6 Å². The number of allylic oxidation sites excluding steroid dienone is 2. The van der Waals surface area contributed by atoms with E-state index in [0.717, 1.165) is 75.8 Å². The molecule has 0 radical (unpaired) electrons. The van der Waals surface area contributed by atoms with Crippen molar-refractivity contribution in [2.45, 2.75) is 76.8 Å². The van der Waals surface area contributed by atoms with Crippen LogP contribution < -0.4 is 0 Å². The molecule has 5 unspecified atom stereocenters. The van der Waals surface area contributed by atoms with Crippen LogP contribution in [0.2, 0.25) is 0 Å². The highest BCUT2D eigenvalue weighted by molar-refractivity contribution is 5.26. The zero-order valence-electron chi connectivity index (χ0n) is 18.2. The van der Waals surface area contributed by atoms with Crippen molar-refractivity contribution in [1.82, 2.24) is 0 Å². The van der Waals surface area contributed by atoms with Gasteiger partial charge in [0.25, 0.3) is 0 Å². The molecule has 0 bridgehead atoms. The lowest BCUT2D eigenvalue weighted by Gasteiger charge is -2.54. The lowest BCUT2D eigenvalue weighted by atomic mass is 9.54. The van der Waals surface area contributed by atoms with E-state index in [4.69, 9.17) is 24.1 Å². The lowest BCUT2D eigenvalue weighted by Crippen LogP contribution is -2.51. The van der Waals surface area contributed by atoms with Crippen LogP contribution in [0.25, 0.3) is 0 Å². The van der Waals surface area contributed by atoms with Crippen molar-refractivity contribution >= 4 is 0 Å². The summed E-state index contributed by atoms with van der Waals surface area (Å²) < 4.78 is 24.6. The summed E-state index contributed by atoms with van der Waals surface area (Å²) in [6.45, 7) is 7.49. The Hall–Kier alpha value is -0.460. The molecule has 6 aliphatic rings. The summed E-state index contributed by atoms with van der Waals surface area (Å²) in [6.07, 6.45) is 12.2. The van der Waals surface area contributed by atoms with Crippen molar-refractivity contribution in [3.05, 3.63) is 11.6 Å². The van der Waals surface area contributed by atoms with E-state index in [1.807, 2.05) is 0 Å². The van der Waals surface area contributed by atoms with Crippen LogP contribution >= 0.6 is 0 Å². The number of hydrogen-bond acceptors (Lipinski definition) is 5. The quantitative estimate of drug-likeness (QED) is 0.615. The Bertz CT molecular complexity index is 633. The maximum Gasteiger partial charge on any atom is 0.174 e. The van der Waals surface area contributed by atoms with Gasteiger partial charge in [-0.1, -0.05) is 18.6 Å². The van der Waals surface area contributed by atoms with E-state index in [1.165, 1.54) is 25.7 Å². The van der Waals surface area contributed by atoms with Gasteiger partial charge in [-0.2, -0.15) is 0 Å². The molecule has 2 spiro atoms. The topological polar surface area (TPSA) is 57.2 Å². The van der Waals surface area contributed by atoms with Crippen LogP contribution in [-0.4, -0.2) is 49.7 Å². The third-order valence-corrected chi connectivity index (χ3v) is 8.97. The van der Waals surface area contributed by atoms with Crippen molar-refractivity contribution in [3.63, 3.8) is 0 Å². The van der Waals surface area contributed by atoms with Crippen LogP contribution in [0.1, 0.15) is 65.2 Å². The van der Waals surface area contributed by atoms with Gasteiger partial charge in [0.15, 0.2) is 11.6 Å². The second-order valence-corrected chi connectivity index (χ2v) is 10.1. The van der Waals surface area contributed by atoms with E-state index in [9.17, 15) is 0 Å². The first-order valence-corrected chi connectivity index (χ1v) is 11.9. The maximum atomic E-state index is 7.57. The Morgan fingerprint density at radius 2 is 1.62 bits per heavy atom. The number of aliphatic hydroxyl groups excluding tert-OH is 1. The summed E-state index contributed by atoms with van der Waals surface area (Å²) in [5.74, 6) is 2.47. The largest absolute Gasteiger partial charge is 0.397 e. The molecule has 0 aromatic carbocycles. The molecule has 4 aliphatic carbocycles. The van der Waals surface area contributed by atoms with Crippen LogP contribution in [0.4, 0.5) is 0 Å². The summed E-state index contributed by atoms with van der Waals surface area (Å²) >= 11 is 0. The fourth-order valence-corrected chi connectivity index (χ4v) is 7.77. The number of aliphatic hydroxyl groups is 1. The molecule has 29 heavy (non-hydrogen) atoms. The first kappa shape index (κ1) is 20.4. The Morgan fingerprint density at radius 3 is 2.34 bits per heavy atom. The molecule has 1 N–H and O–H groups in total. The minimum Gasteiger partial charge on any atom is -0.397 e. The van der Waals surface area contributed by atoms with Crippen molar-refractivity contribution in [2.75, 3.05) is 33.0 Å². The summed E-state index contributed by atoms with van der Waals surface area (Å²) in [5.41, 5.74) is 1.95. The molecule has 2 heterocycles. The summed E-state index contributed by atoms with van der Waals surface area (Å²) in [5, 5.41) is 7.57. The zero-order chi connectivity index (χ0) is 20.1. The fourth-order valence-electron chi connectivity index (χ4n) is 7.77. The molecular weight excluding hydrogens is 368 g/mol. The van der Waals surface area contributed by atoms with Gasteiger partial charge >= 0.3 is 0 Å². The fraction of sp³-hybridized carbons (Fsp3) is 0.917. The molecule has 0 amide bonds. The molecular formula is C24H38O5. The standard InChI is InChI=1S/C22H32O4.C2H6O/c1-20-7-4-17-16-5-8-21(23-10-11-24-21)14-15(16)2-3-18(17)19(20)6-9-22(20)25-12-13-26-22;1-2-3/h4,15-16,18-19H,2-3,5-14H2,1H3;3H,2H2,1H3. The molecule has 2 saturated heterocycles. The smallest absolute Gasteiger partial charge is 0.174 e. The normalized spacial score (nSPS) is 43.9. The highest BCUT2D eigenvalue weighted by Crippen LogP contribution is 2.65. The average Bonchev–Trinajstić information content (AvgIpc) is 3.44. The molecule has 5 atom stereocenters. The average molecular weight is 407 g/mol. The van der Waals surface area contributed by atoms with Crippen LogP contribution in [0, 0.1) is 29.1 Å². The van der Waals surface area contributed by atoms with Crippen LogP contribution in [0.3, 0.4) is 0 Å². The second-order valence-electron chi connectivity index (χ2n) is 10.1. The molecule has 0 aromatic heterocycles. The van der Waals surface area contributed by atoms with Crippen molar-refractivity contribution < 1.29 is 24.1 Å². The van der Waals surface area contributed by atoms with Gasteiger partial charge in [-0.05, 0) is 62.7 Å². The van der Waals surface area contributed by atoms with E-state index in [0.29, 0.717) is 0 Å². The zero-order valence-corrected chi connectivity index (χ0v) is 18.2. The Labute approximate surface area is 175 Å². The van der Waals surface area contributed by atoms with E-state index in [1.54, 1.807) is 12.5 Å². The lowest BCUT2D eigenvalue weighted by molar-refractivity contribution is -0.229. The Balaban J connectivity index is 0.000000573. The van der Waals surface area contributed by atoms with Crippen molar-refractivity contribution in [2.24, 2.45) is 29.1 Å². The minimum absolute atomic E-state index is 0.165. The Morgan fingerprint density at radius 1 is 0.931 bits per heavy atom. The van der Waals surface area contributed by atoms with Gasteiger partial charge in [0.1, 0.15) is 0 Å². The van der Waals surface area contributed by atoms with Gasteiger partial charge < -0.3 is 24.1 Å². The second kappa shape index (κ2) is 7.59. The van der Waals surface area contributed by atoms with Gasteiger partial charge in [-0.25, -0.2) is 0 Å². The molecule has 2 aliphatic heterocycles. The maximum absolute atomic E-state index is 7.57. The molecule has 3 saturated carbocycles. The summed E-state index contributed by atoms with van der Waals surface area (Å²) in [7, 11) is 0. The number of hydrogen-bond donors (Lipinski definition) is 1. The molecule has 0 aromatic rings. The van der Waals surface area contributed by atoms with E-state index >= 15 is 0 Å².